The molecule has 5 heteroatoms. The molecule has 4 nitrogen and oxygen atoms in total. The van der Waals surface area contributed by atoms with Gasteiger partial charge in [-0.3, -0.25) is 4.79 Å². The number of halogens is 1. The van der Waals surface area contributed by atoms with Crippen LogP contribution >= 0.6 is 12.4 Å². The van der Waals surface area contributed by atoms with Gasteiger partial charge in [0, 0.05) is 13.2 Å². The Hall–Kier alpha value is -1.62. The van der Waals surface area contributed by atoms with E-state index >= 15 is 0 Å². The average Bonchev–Trinajstić information content (AvgIpc) is 2.61. The fourth-order valence-electron chi connectivity index (χ4n) is 3.30. The third kappa shape index (κ3) is 4.07. The Labute approximate surface area is 149 Å². The number of benzene rings is 2. The minimum absolute atomic E-state index is 0. The number of carbonyl (C=O) groups is 1. The average molecular weight is 349 g/mol. The van der Waals surface area contributed by atoms with E-state index in [2.05, 4.69) is 29.6 Å². The van der Waals surface area contributed by atoms with Gasteiger partial charge in [0.25, 0.3) is 0 Å². The molecular weight excluding hydrogens is 324 g/mol. The number of nitrogens with one attached hydrogen (secondary N) is 1. The Morgan fingerprint density at radius 1 is 1.17 bits per heavy atom. The molecule has 130 valence electrons. The van der Waals surface area contributed by atoms with Crippen LogP contribution in [-0.2, 0) is 9.53 Å². The fraction of sp³-hybridized carbons (Fsp3) is 0.421. The first-order valence-corrected chi connectivity index (χ1v) is 8.28. The molecule has 1 amide bonds. The summed E-state index contributed by atoms with van der Waals surface area (Å²) in [7, 11) is 0. The van der Waals surface area contributed by atoms with E-state index in [1.807, 2.05) is 25.1 Å². The second kappa shape index (κ2) is 8.47. The molecule has 24 heavy (non-hydrogen) atoms. The first-order valence-electron chi connectivity index (χ1n) is 8.28. The van der Waals surface area contributed by atoms with Gasteiger partial charge < -0.3 is 15.8 Å². The minimum Gasteiger partial charge on any atom is -0.381 e. The number of rotatable bonds is 4. The van der Waals surface area contributed by atoms with E-state index in [-0.39, 0.29) is 30.3 Å². The standard InChI is InChI=1S/C19H24N2O2.ClH/c1-13(16-8-4-6-14-5-2-3-7-17(14)16)21-19(22)18(20)15-9-11-23-12-10-15;/h2-8,13,15,18H,9-12,20H2,1H3,(H,21,22);1H. The van der Waals surface area contributed by atoms with Crippen LogP contribution in [0.25, 0.3) is 10.8 Å². The number of ether oxygens (including phenoxy) is 1. The molecule has 3 rings (SSSR count). The third-order valence-electron chi connectivity index (χ3n) is 4.73. The summed E-state index contributed by atoms with van der Waals surface area (Å²) >= 11 is 0. The molecule has 1 fully saturated rings. The highest BCUT2D eigenvalue weighted by atomic mass is 35.5. The maximum atomic E-state index is 12.5. The molecule has 0 bridgehead atoms. The van der Waals surface area contributed by atoms with Gasteiger partial charge in [-0.05, 0) is 42.0 Å². The van der Waals surface area contributed by atoms with Crippen molar-refractivity contribution < 1.29 is 9.53 Å². The predicted molar refractivity (Wildman–Crippen MR) is 99.3 cm³/mol. The van der Waals surface area contributed by atoms with Crippen LogP contribution in [0.3, 0.4) is 0 Å². The first kappa shape index (κ1) is 18.7. The van der Waals surface area contributed by atoms with Gasteiger partial charge in [-0.2, -0.15) is 0 Å². The normalized spacial score (nSPS) is 17.8. The maximum Gasteiger partial charge on any atom is 0.237 e. The number of hydrogen-bond donors (Lipinski definition) is 2. The van der Waals surface area contributed by atoms with Crippen molar-refractivity contribution in [3.05, 3.63) is 48.0 Å². The van der Waals surface area contributed by atoms with Crippen LogP contribution in [0.1, 0.15) is 31.4 Å². The van der Waals surface area contributed by atoms with E-state index < -0.39 is 6.04 Å². The van der Waals surface area contributed by atoms with Gasteiger partial charge in [0.05, 0.1) is 12.1 Å². The van der Waals surface area contributed by atoms with E-state index in [0.29, 0.717) is 13.2 Å². The molecule has 0 aliphatic carbocycles. The number of fused-ring (bicyclic) bond motifs is 1. The quantitative estimate of drug-likeness (QED) is 0.891. The molecule has 2 aromatic carbocycles. The molecule has 1 saturated heterocycles. The molecule has 2 atom stereocenters. The third-order valence-corrected chi connectivity index (χ3v) is 4.73. The Bertz CT molecular complexity index is 681. The minimum atomic E-state index is -0.462. The van der Waals surface area contributed by atoms with Crippen molar-refractivity contribution >= 4 is 29.1 Å². The van der Waals surface area contributed by atoms with Crippen LogP contribution in [-0.4, -0.2) is 25.2 Å². The summed E-state index contributed by atoms with van der Waals surface area (Å²) in [6.45, 7) is 3.41. The highest BCUT2D eigenvalue weighted by Crippen LogP contribution is 2.24. The molecular formula is C19H25ClN2O2. The topological polar surface area (TPSA) is 64.4 Å². The van der Waals surface area contributed by atoms with Gasteiger partial charge in [0.15, 0.2) is 0 Å². The molecule has 1 aliphatic heterocycles. The van der Waals surface area contributed by atoms with Crippen molar-refractivity contribution in [3.63, 3.8) is 0 Å². The van der Waals surface area contributed by atoms with Crippen molar-refractivity contribution in [1.29, 1.82) is 0 Å². The molecule has 2 aromatic rings. The zero-order valence-corrected chi connectivity index (χ0v) is 14.7. The van der Waals surface area contributed by atoms with Crippen molar-refractivity contribution in [2.45, 2.75) is 31.8 Å². The molecule has 1 heterocycles. The van der Waals surface area contributed by atoms with Crippen molar-refractivity contribution in [2.75, 3.05) is 13.2 Å². The zero-order valence-electron chi connectivity index (χ0n) is 13.9. The fourth-order valence-corrected chi connectivity index (χ4v) is 3.30. The van der Waals surface area contributed by atoms with Crippen LogP contribution in [0.5, 0.6) is 0 Å². The summed E-state index contributed by atoms with van der Waals surface area (Å²) in [5, 5.41) is 5.43. The number of hydrogen-bond acceptors (Lipinski definition) is 3. The predicted octanol–water partition coefficient (Wildman–Crippen LogP) is 3.19. The summed E-state index contributed by atoms with van der Waals surface area (Å²) in [5.41, 5.74) is 7.28. The molecule has 0 spiro atoms. The summed E-state index contributed by atoms with van der Waals surface area (Å²) < 4.78 is 5.34. The molecule has 0 saturated carbocycles. The SMILES string of the molecule is CC(NC(=O)C(N)C1CCOCC1)c1cccc2ccccc12.Cl. The smallest absolute Gasteiger partial charge is 0.237 e. The lowest BCUT2D eigenvalue weighted by Gasteiger charge is -2.28. The lowest BCUT2D eigenvalue weighted by atomic mass is 9.91. The summed E-state index contributed by atoms with van der Waals surface area (Å²) in [4.78, 5) is 12.5. The summed E-state index contributed by atoms with van der Waals surface area (Å²) in [6, 6.07) is 13.9. The first-order chi connectivity index (χ1) is 11.2. The molecule has 1 aliphatic rings. The van der Waals surface area contributed by atoms with E-state index in [4.69, 9.17) is 10.5 Å². The van der Waals surface area contributed by atoms with Gasteiger partial charge in [0.2, 0.25) is 5.91 Å². The van der Waals surface area contributed by atoms with Gasteiger partial charge in [-0.15, -0.1) is 12.4 Å². The van der Waals surface area contributed by atoms with Crippen LogP contribution in [0, 0.1) is 5.92 Å². The van der Waals surface area contributed by atoms with Crippen LogP contribution in [0.4, 0.5) is 0 Å². The van der Waals surface area contributed by atoms with Crippen molar-refractivity contribution in [1.82, 2.24) is 5.32 Å². The van der Waals surface area contributed by atoms with Gasteiger partial charge in [-0.1, -0.05) is 42.5 Å². The van der Waals surface area contributed by atoms with E-state index in [9.17, 15) is 4.79 Å². The zero-order chi connectivity index (χ0) is 16.2. The second-order valence-corrected chi connectivity index (χ2v) is 6.27. The van der Waals surface area contributed by atoms with Crippen LogP contribution < -0.4 is 11.1 Å². The number of amides is 1. The molecule has 2 unspecified atom stereocenters. The Morgan fingerprint density at radius 3 is 2.58 bits per heavy atom. The van der Waals surface area contributed by atoms with E-state index in [0.717, 1.165) is 18.4 Å². The Balaban J connectivity index is 0.00000208. The molecule has 3 N–H and O–H groups in total. The van der Waals surface area contributed by atoms with E-state index in [1.165, 1.54) is 10.8 Å². The maximum absolute atomic E-state index is 12.5. The van der Waals surface area contributed by atoms with Crippen molar-refractivity contribution in [3.8, 4) is 0 Å². The van der Waals surface area contributed by atoms with Gasteiger partial charge in [-0.25, -0.2) is 0 Å². The summed E-state index contributed by atoms with van der Waals surface area (Å²) in [5.74, 6) is 0.140. The number of carbonyl (C=O) groups excluding carboxylic acids is 1. The highest BCUT2D eigenvalue weighted by molar-refractivity contribution is 5.87. The molecule has 0 aromatic heterocycles. The largest absolute Gasteiger partial charge is 0.381 e. The van der Waals surface area contributed by atoms with Crippen LogP contribution in [0.15, 0.2) is 42.5 Å². The Morgan fingerprint density at radius 2 is 1.83 bits per heavy atom. The van der Waals surface area contributed by atoms with Gasteiger partial charge in [0.1, 0.15) is 0 Å². The van der Waals surface area contributed by atoms with Gasteiger partial charge >= 0.3 is 0 Å². The Kier molecular flexibility index (Phi) is 6.60. The van der Waals surface area contributed by atoms with E-state index in [1.54, 1.807) is 0 Å². The number of nitrogens with two attached hydrogens (primary N) is 1. The monoisotopic (exact) mass is 348 g/mol. The second-order valence-electron chi connectivity index (χ2n) is 6.27. The lowest BCUT2D eigenvalue weighted by Crippen LogP contribution is -2.47. The highest BCUT2D eigenvalue weighted by Gasteiger charge is 2.27. The van der Waals surface area contributed by atoms with Crippen LogP contribution in [0.2, 0.25) is 0 Å². The van der Waals surface area contributed by atoms with Crippen molar-refractivity contribution in [2.24, 2.45) is 11.7 Å². The lowest BCUT2D eigenvalue weighted by molar-refractivity contribution is -0.125. The molecule has 0 radical (unpaired) electrons. The summed E-state index contributed by atoms with van der Waals surface area (Å²) in [6.07, 6.45) is 1.72.